The molecule has 1 amide bonds. The molecule has 0 spiro atoms. The van der Waals surface area contributed by atoms with Gasteiger partial charge in [0, 0.05) is 17.7 Å². The summed E-state index contributed by atoms with van der Waals surface area (Å²) in [5, 5.41) is 11.1. The van der Waals surface area contributed by atoms with Crippen LogP contribution in [0, 0.1) is 0 Å². The molecule has 8 nitrogen and oxygen atoms in total. The quantitative estimate of drug-likeness (QED) is 0.409. The van der Waals surface area contributed by atoms with Crippen LogP contribution in [0.1, 0.15) is 42.1 Å². The van der Waals surface area contributed by atoms with Gasteiger partial charge in [-0.25, -0.2) is 0 Å². The van der Waals surface area contributed by atoms with Crippen molar-refractivity contribution in [1.82, 2.24) is 10.2 Å². The van der Waals surface area contributed by atoms with Gasteiger partial charge in [0.05, 0.1) is 5.75 Å². The van der Waals surface area contributed by atoms with Crippen LogP contribution in [-0.4, -0.2) is 34.2 Å². The Bertz CT molecular complexity index is 1070. The summed E-state index contributed by atoms with van der Waals surface area (Å²) in [6.07, 6.45) is 0.751. The number of nitrogens with zero attached hydrogens (tertiary/aromatic N) is 2. The topological polar surface area (TPSA) is 104 Å². The second-order valence-corrected chi connectivity index (χ2v) is 7.78. The maximum Gasteiger partial charge on any atom is 0.277 e. The zero-order valence-corrected chi connectivity index (χ0v) is 17.7. The van der Waals surface area contributed by atoms with Crippen LogP contribution in [0.5, 0.6) is 11.5 Å². The molecule has 160 valence electrons. The van der Waals surface area contributed by atoms with Crippen molar-refractivity contribution >= 4 is 29.1 Å². The summed E-state index contributed by atoms with van der Waals surface area (Å²) < 4.78 is 17.2. The van der Waals surface area contributed by atoms with Crippen molar-refractivity contribution in [2.75, 3.05) is 17.7 Å². The number of fused-ring (bicyclic) bond motifs is 1. The van der Waals surface area contributed by atoms with Gasteiger partial charge in [0.1, 0.15) is 6.61 Å². The third kappa shape index (κ3) is 5.24. The normalized spacial score (nSPS) is 14.8. The highest BCUT2D eigenvalue weighted by molar-refractivity contribution is 7.99. The molecule has 1 N–H and O–H groups in total. The summed E-state index contributed by atoms with van der Waals surface area (Å²) in [5.41, 5.74) is 1.21. The SMILES string of the molecule is CCCC(=O)Nc1ccc(C(=O)CSc2nnc([C@@H]3COc4ccccc4O3)o2)cc1. The van der Waals surface area contributed by atoms with Gasteiger partial charge in [-0.1, -0.05) is 30.8 Å². The van der Waals surface area contributed by atoms with E-state index in [0.717, 1.165) is 18.2 Å². The predicted molar refractivity (Wildman–Crippen MR) is 115 cm³/mol. The molecule has 1 atom stereocenters. The first-order valence-corrected chi connectivity index (χ1v) is 10.9. The molecule has 31 heavy (non-hydrogen) atoms. The number of carbonyl (C=O) groups is 2. The summed E-state index contributed by atoms with van der Waals surface area (Å²) in [6, 6.07) is 14.2. The number of carbonyl (C=O) groups excluding carboxylic acids is 2. The number of ketones is 1. The Balaban J connectivity index is 1.30. The number of rotatable bonds is 8. The summed E-state index contributed by atoms with van der Waals surface area (Å²) in [4.78, 5) is 24.1. The molecule has 0 fully saturated rings. The van der Waals surface area contributed by atoms with Gasteiger partial charge in [-0.2, -0.15) is 0 Å². The van der Waals surface area contributed by atoms with Gasteiger partial charge in [-0.15, -0.1) is 10.2 Å². The first kappa shape index (κ1) is 20.9. The number of amides is 1. The molecule has 3 aromatic rings. The molecular weight excluding hydrogens is 418 g/mol. The molecular formula is C22H21N3O5S. The zero-order valence-electron chi connectivity index (χ0n) is 16.9. The number of hydrogen-bond acceptors (Lipinski definition) is 8. The molecule has 1 aromatic heterocycles. The van der Waals surface area contributed by atoms with E-state index < -0.39 is 6.10 Å². The van der Waals surface area contributed by atoms with E-state index in [0.29, 0.717) is 35.1 Å². The van der Waals surface area contributed by atoms with Gasteiger partial charge in [-0.05, 0) is 42.8 Å². The Hall–Kier alpha value is -3.33. The fourth-order valence-electron chi connectivity index (χ4n) is 2.95. The summed E-state index contributed by atoms with van der Waals surface area (Å²) in [5.74, 6) is 1.62. The maximum absolute atomic E-state index is 12.5. The molecule has 0 saturated heterocycles. The molecule has 0 radical (unpaired) electrons. The third-order valence-electron chi connectivity index (χ3n) is 4.50. The van der Waals surface area contributed by atoms with Crippen molar-refractivity contribution in [2.45, 2.75) is 31.1 Å². The fraction of sp³-hybridized carbons (Fsp3) is 0.273. The van der Waals surface area contributed by atoms with Gasteiger partial charge in [0.15, 0.2) is 17.3 Å². The highest BCUT2D eigenvalue weighted by Crippen LogP contribution is 2.36. The number of hydrogen-bond donors (Lipinski definition) is 1. The van der Waals surface area contributed by atoms with Gasteiger partial charge < -0.3 is 19.2 Å². The van der Waals surface area contributed by atoms with Crippen molar-refractivity contribution in [3.63, 3.8) is 0 Å². The molecule has 0 saturated carbocycles. The number of anilines is 1. The monoisotopic (exact) mass is 439 g/mol. The van der Waals surface area contributed by atoms with Crippen molar-refractivity contribution in [2.24, 2.45) is 0 Å². The lowest BCUT2D eigenvalue weighted by Crippen LogP contribution is -2.21. The van der Waals surface area contributed by atoms with Crippen molar-refractivity contribution in [1.29, 1.82) is 0 Å². The van der Waals surface area contributed by atoms with Crippen LogP contribution in [0.4, 0.5) is 5.69 Å². The number of thioether (sulfide) groups is 1. The number of ether oxygens (including phenoxy) is 2. The van der Waals surface area contributed by atoms with Gasteiger partial charge in [0.2, 0.25) is 12.0 Å². The Morgan fingerprint density at radius 1 is 1.10 bits per heavy atom. The van der Waals surface area contributed by atoms with E-state index >= 15 is 0 Å². The van der Waals surface area contributed by atoms with E-state index in [4.69, 9.17) is 13.9 Å². The third-order valence-corrected chi connectivity index (χ3v) is 5.32. The zero-order chi connectivity index (χ0) is 21.6. The summed E-state index contributed by atoms with van der Waals surface area (Å²) in [7, 11) is 0. The van der Waals surface area contributed by atoms with Crippen molar-refractivity contribution < 1.29 is 23.5 Å². The highest BCUT2D eigenvalue weighted by atomic mass is 32.2. The Morgan fingerprint density at radius 2 is 1.87 bits per heavy atom. The van der Waals surface area contributed by atoms with E-state index in [2.05, 4.69) is 15.5 Å². The molecule has 2 aromatic carbocycles. The van der Waals surface area contributed by atoms with Crippen molar-refractivity contribution in [3.8, 4) is 11.5 Å². The smallest absolute Gasteiger partial charge is 0.277 e. The van der Waals surface area contributed by atoms with Gasteiger partial charge >= 0.3 is 0 Å². The summed E-state index contributed by atoms with van der Waals surface area (Å²) >= 11 is 1.16. The van der Waals surface area contributed by atoms with Crippen LogP contribution in [-0.2, 0) is 4.79 Å². The highest BCUT2D eigenvalue weighted by Gasteiger charge is 2.27. The van der Waals surface area contributed by atoms with Crippen LogP contribution in [0.2, 0.25) is 0 Å². The Labute approximate surface area is 183 Å². The van der Waals surface area contributed by atoms with Crippen LogP contribution in [0.15, 0.2) is 58.2 Å². The average molecular weight is 439 g/mol. The fourth-order valence-corrected chi connectivity index (χ4v) is 3.61. The number of aromatic nitrogens is 2. The van der Waals surface area contributed by atoms with Crippen LogP contribution in [0.25, 0.3) is 0 Å². The largest absolute Gasteiger partial charge is 0.485 e. The molecule has 4 rings (SSSR count). The van der Waals surface area contributed by atoms with Crippen molar-refractivity contribution in [3.05, 3.63) is 60.0 Å². The lowest BCUT2D eigenvalue weighted by atomic mass is 10.1. The number of Topliss-reactive ketones (excluding diaryl/α,β-unsaturated/α-hetero) is 1. The minimum atomic E-state index is -0.497. The number of nitrogens with one attached hydrogen (secondary N) is 1. The Morgan fingerprint density at radius 3 is 2.65 bits per heavy atom. The Kier molecular flexibility index (Phi) is 6.51. The van der Waals surface area contributed by atoms with Gasteiger partial charge in [0.25, 0.3) is 11.1 Å². The van der Waals surface area contributed by atoms with E-state index in [-0.39, 0.29) is 29.3 Å². The molecule has 1 aliphatic heterocycles. The first-order valence-electron chi connectivity index (χ1n) is 9.90. The molecule has 0 unspecified atom stereocenters. The van der Waals surface area contributed by atoms with E-state index in [9.17, 15) is 9.59 Å². The van der Waals surface area contributed by atoms with E-state index in [1.54, 1.807) is 24.3 Å². The second kappa shape index (κ2) is 9.65. The lowest BCUT2D eigenvalue weighted by molar-refractivity contribution is -0.116. The van der Waals surface area contributed by atoms with Gasteiger partial charge in [-0.3, -0.25) is 9.59 Å². The number of para-hydroxylation sites is 2. The van der Waals surface area contributed by atoms with E-state index in [1.807, 2.05) is 31.2 Å². The number of benzene rings is 2. The summed E-state index contributed by atoms with van der Waals surface area (Å²) in [6.45, 7) is 2.21. The van der Waals surface area contributed by atoms with Crippen LogP contribution in [0.3, 0.4) is 0 Å². The minimum Gasteiger partial charge on any atom is -0.485 e. The van der Waals surface area contributed by atoms with Crippen LogP contribution < -0.4 is 14.8 Å². The molecule has 0 aliphatic carbocycles. The second-order valence-electron chi connectivity index (χ2n) is 6.86. The average Bonchev–Trinajstić information content (AvgIpc) is 3.27. The molecule has 0 bridgehead atoms. The first-order chi connectivity index (χ1) is 15.1. The van der Waals surface area contributed by atoms with Crippen LogP contribution >= 0.6 is 11.8 Å². The molecule has 2 heterocycles. The lowest BCUT2D eigenvalue weighted by Gasteiger charge is -2.23. The predicted octanol–water partition coefficient (Wildman–Crippen LogP) is 4.30. The minimum absolute atomic E-state index is 0.0415. The van der Waals surface area contributed by atoms with E-state index in [1.165, 1.54) is 0 Å². The maximum atomic E-state index is 12.5. The standard InChI is InChI=1S/C22H21N3O5S/c1-2-5-20(27)23-15-10-8-14(9-11-15)16(26)13-31-22-25-24-21(30-22)19-12-28-17-6-3-4-7-18(17)29-19/h3-4,6-11,19H,2,5,12-13H2,1H3,(H,23,27)/t19-/m0/s1. The molecule has 1 aliphatic rings. The molecule has 9 heteroatoms.